The van der Waals surface area contributed by atoms with Gasteiger partial charge in [-0.25, -0.2) is 0 Å². The van der Waals surface area contributed by atoms with Crippen LogP contribution in [0.15, 0.2) is 18.2 Å². The predicted octanol–water partition coefficient (Wildman–Crippen LogP) is 3.37. The summed E-state index contributed by atoms with van der Waals surface area (Å²) in [6.45, 7) is 4.61. The second-order valence-electron chi connectivity index (χ2n) is 5.85. The Bertz CT molecular complexity index is 488. The Labute approximate surface area is 127 Å². The predicted molar refractivity (Wildman–Crippen MR) is 85.5 cm³/mol. The molecule has 1 aromatic carbocycles. The zero-order valence-corrected chi connectivity index (χ0v) is 13.0. The summed E-state index contributed by atoms with van der Waals surface area (Å²) < 4.78 is 5.54. The zero-order chi connectivity index (χ0) is 15.2. The van der Waals surface area contributed by atoms with E-state index in [0.29, 0.717) is 29.5 Å². The molecule has 4 nitrogen and oxygen atoms in total. The van der Waals surface area contributed by atoms with Gasteiger partial charge in [0.05, 0.1) is 17.9 Å². The maximum atomic E-state index is 12.6. The summed E-state index contributed by atoms with van der Waals surface area (Å²) in [5, 5.41) is 3.18. The Morgan fingerprint density at radius 1 is 1.33 bits per heavy atom. The molecule has 0 radical (unpaired) electrons. The van der Waals surface area contributed by atoms with Crippen LogP contribution < -0.4 is 15.8 Å². The number of carbonyl (C=O) groups excluding carboxylic acids is 1. The average molecular weight is 290 g/mol. The third-order valence-corrected chi connectivity index (χ3v) is 4.26. The molecule has 1 saturated carbocycles. The number of hydrogen-bond acceptors (Lipinski definition) is 3. The first-order valence-electron chi connectivity index (χ1n) is 7.95. The molecule has 1 aromatic rings. The molecule has 0 heterocycles. The van der Waals surface area contributed by atoms with E-state index < -0.39 is 0 Å². The van der Waals surface area contributed by atoms with Crippen LogP contribution in [0.1, 0.15) is 56.3 Å². The molecular weight excluding hydrogens is 264 g/mol. The van der Waals surface area contributed by atoms with Crippen LogP contribution in [0.5, 0.6) is 5.75 Å². The van der Waals surface area contributed by atoms with Crippen molar-refractivity contribution in [3.63, 3.8) is 0 Å². The van der Waals surface area contributed by atoms with Gasteiger partial charge in [0, 0.05) is 6.04 Å². The van der Waals surface area contributed by atoms with Gasteiger partial charge in [-0.3, -0.25) is 4.79 Å². The second-order valence-corrected chi connectivity index (χ2v) is 5.85. The minimum Gasteiger partial charge on any atom is -0.491 e. The van der Waals surface area contributed by atoms with Crippen LogP contribution in [-0.4, -0.2) is 18.6 Å². The van der Waals surface area contributed by atoms with Crippen molar-refractivity contribution in [3.05, 3.63) is 23.8 Å². The van der Waals surface area contributed by atoms with Crippen LogP contribution in [0.3, 0.4) is 0 Å². The number of nitrogen functional groups attached to an aromatic ring is 1. The van der Waals surface area contributed by atoms with E-state index in [1.165, 1.54) is 25.7 Å². The van der Waals surface area contributed by atoms with Crippen LogP contribution in [-0.2, 0) is 0 Å². The number of hydrogen-bond donors (Lipinski definition) is 2. The van der Waals surface area contributed by atoms with Crippen LogP contribution >= 0.6 is 0 Å². The van der Waals surface area contributed by atoms with Gasteiger partial charge in [0.1, 0.15) is 0 Å². The fourth-order valence-electron chi connectivity index (χ4n) is 2.99. The van der Waals surface area contributed by atoms with Gasteiger partial charge < -0.3 is 15.8 Å². The molecular formula is C17H26N2O2. The number of rotatable bonds is 4. The third-order valence-electron chi connectivity index (χ3n) is 4.26. The number of nitrogens with one attached hydrogen (secondary N) is 1. The highest BCUT2D eigenvalue weighted by Crippen LogP contribution is 2.28. The molecule has 0 aliphatic heterocycles. The number of ether oxygens (including phenoxy) is 1. The van der Waals surface area contributed by atoms with Gasteiger partial charge in [-0.2, -0.15) is 0 Å². The van der Waals surface area contributed by atoms with E-state index >= 15 is 0 Å². The number of anilines is 1. The lowest BCUT2D eigenvalue weighted by Crippen LogP contribution is -2.39. The van der Waals surface area contributed by atoms with Crippen LogP contribution in [0.25, 0.3) is 0 Å². The number of para-hydroxylation sites is 1. The maximum absolute atomic E-state index is 12.6. The van der Waals surface area contributed by atoms with Crippen molar-refractivity contribution in [2.45, 2.75) is 52.0 Å². The Kier molecular flexibility index (Phi) is 5.48. The van der Waals surface area contributed by atoms with Crippen molar-refractivity contribution in [1.82, 2.24) is 5.32 Å². The van der Waals surface area contributed by atoms with Gasteiger partial charge in [-0.1, -0.05) is 32.3 Å². The molecule has 2 atom stereocenters. The van der Waals surface area contributed by atoms with E-state index in [9.17, 15) is 4.79 Å². The number of carbonyl (C=O) groups is 1. The monoisotopic (exact) mass is 290 g/mol. The Hall–Kier alpha value is -1.71. The number of benzene rings is 1. The molecule has 3 N–H and O–H groups in total. The summed E-state index contributed by atoms with van der Waals surface area (Å²) >= 11 is 0. The normalized spacial score (nSPS) is 22.4. The van der Waals surface area contributed by atoms with Crippen molar-refractivity contribution in [2.75, 3.05) is 12.3 Å². The molecule has 1 amide bonds. The smallest absolute Gasteiger partial charge is 0.255 e. The van der Waals surface area contributed by atoms with Crippen LogP contribution in [0.2, 0.25) is 0 Å². The molecule has 1 fully saturated rings. The summed E-state index contributed by atoms with van der Waals surface area (Å²) in [4.78, 5) is 12.6. The molecule has 2 rings (SSSR count). The summed E-state index contributed by atoms with van der Waals surface area (Å²) in [6.07, 6.45) is 5.94. The van der Waals surface area contributed by atoms with Gasteiger partial charge in [0.15, 0.2) is 5.75 Å². The quantitative estimate of drug-likeness (QED) is 0.660. The molecule has 0 aromatic heterocycles. The third kappa shape index (κ3) is 3.90. The van der Waals surface area contributed by atoms with E-state index in [0.717, 1.165) is 6.42 Å². The molecule has 1 aliphatic rings. The zero-order valence-electron chi connectivity index (χ0n) is 13.0. The minimum atomic E-state index is -0.0792. The first-order chi connectivity index (χ1) is 10.1. The van der Waals surface area contributed by atoms with E-state index in [-0.39, 0.29) is 11.9 Å². The van der Waals surface area contributed by atoms with Crippen molar-refractivity contribution in [2.24, 2.45) is 5.92 Å². The van der Waals surface area contributed by atoms with Gasteiger partial charge >= 0.3 is 0 Å². The second kappa shape index (κ2) is 7.34. The fraction of sp³-hybridized carbons (Fsp3) is 0.588. The van der Waals surface area contributed by atoms with Gasteiger partial charge in [-0.05, 0) is 37.8 Å². The Morgan fingerprint density at radius 2 is 2.10 bits per heavy atom. The highest BCUT2D eigenvalue weighted by atomic mass is 16.5. The van der Waals surface area contributed by atoms with Crippen molar-refractivity contribution in [3.8, 4) is 5.75 Å². The molecule has 21 heavy (non-hydrogen) atoms. The Balaban J connectivity index is 2.14. The summed E-state index contributed by atoms with van der Waals surface area (Å²) in [5.41, 5.74) is 6.97. The van der Waals surface area contributed by atoms with E-state index in [2.05, 4.69) is 12.2 Å². The first kappa shape index (κ1) is 15.7. The largest absolute Gasteiger partial charge is 0.491 e. The number of nitrogens with two attached hydrogens (primary N) is 1. The SMILES string of the molecule is CCOc1c(N)cccc1C(=O)NC1CCCCCC1C. The van der Waals surface area contributed by atoms with E-state index in [1.54, 1.807) is 18.2 Å². The highest BCUT2D eigenvalue weighted by molar-refractivity contribution is 5.98. The first-order valence-corrected chi connectivity index (χ1v) is 7.95. The number of amides is 1. The van der Waals surface area contributed by atoms with Crippen molar-refractivity contribution in [1.29, 1.82) is 0 Å². The fourth-order valence-corrected chi connectivity index (χ4v) is 2.99. The molecule has 4 heteroatoms. The van der Waals surface area contributed by atoms with Gasteiger partial charge in [0.2, 0.25) is 0 Å². The lowest BCUT2D eigenvalue weighted by Gasteiger charge is -2.23. The maximum Gasteiger partial charge on any atom is 0.255 e. The van der Waals surface area contributed by atoms with Crippen LogP contribution in [0.4, 0.5) is 5.69 Å². The molecule has 2 unspecified atom stereocenters. The lowest BCUT2D eigenvalue weighted by atomic mass is 9.96. The molecule has 0 bridgehead atoms. The Morgan fingerprint density at radius 3 is 2.86 bits per heavy atom. The van der Waals surface area contributed by atoms with E-state index in [1.807, 2.05) is 6.92 Å². The van der Waals surface area contributed by atoms with Gasteiger partial charge in [-0.15, -0.1) is 0 Å². The summed E-state index contributed by atoms with van der Waals surface area (Å²) in [7, 11) is 0. The van der Waals surface area contributed by atoms with Crippen molar-refractivity contribution < 1.29 is 9.53 Å². The topological polar surface area (TPSA) is 64.3 Å². The molecule has 0 saturated heterocycles. The lowest BCUT2D eigenvalue weighted by molar-refractivity contribution is 0.0918. The summed E-state index contributed by atoms with van der Waals surface area (Å²) in [6, 6.07) is 5.58. The average Bonchev–Trinajstić information content (AvgIpc) is 2.66. The van der Waals surface area contributed by atoms with Crippen LogP contribution in [0, 0.1) is 5.92 Å². The van der Waals surface area contributed by atoms with E-state index in [4.69, 9.17) is 10.5 Å². The summed E-state index contributed by atoms with van der Waals surface area (Å²) in [5.74, 6) is 0.941. The van der Waals surface area contributed by atoms with Crippen molar-refractivity contribution >= 4 is 11.6 Å². The molecule has 0 spiro atoms. The minimum absolute atomic E-state index is 0.0792. The standard InChI is InChI=1S/C17H26N2O2/c1-3-21-16-13(9-7-10-14(16)18)17(20)19-15-11-6-4-5-8-12(15)2/h7,9-10,12,15H,3-6,8,11,18H2,1-2H3,(H,19,20). The molecule has 116 valence electrons. The molecule has 1 aliphatic carbocycles. The van der Waals surface area contributed by atoms with Gasteiger partial charge in [0.25, 0.3) is 5.91 Å². The highest BCUT2D eigenvalue weighted by Gasteiger charge is 2.23.